The van der Waals surface area contributed by atoms with Gasteiger partial charge in [0.2, 0.25) is 9.84 Å². The number of pyridine rings is 1. The van der Waals surface area contributed by atoms with Crippen LogP contribution in [0.1, 0.15) is 23.2 Å². The van der Waals surface area contributed by atoms with Crippen molar-refractivity contribution < 1.29 is 17.2 Å². The lowest BCUT2D eigenvalue weighted by Crippen LogP contribution is -2.35. The molecule has 0 aliphatic carbocycles. The fraction of sp³-hybridized carbons (Fsp3) is 0.364. The van der Waals surface area contributed by atoms with E-state index in [0.717, 1.165) is 13.0 Å². The van der Waals surface area contributed by atoms with Crippen molar-refractivity contribution in [3.05, 3.63) is 69.8 Å². The summed E-state index contributed by atoms with van der Waals surface area (Å²) in [6, 6.07) is 6.81. The van der Waals surface area contributed by atoms with Gasteiger partial charge in [-0.25, -0.2) is 27.2 Å². The topological polar surface area (TPSA) is 66.4 Å². The Labute approximate surface area is 190 Å². The summed E-state index contributed by atoms with van der Waals surface area (Å²) in [7, 11) is -2.10. The molecule has 0 unspecified atom stereocenters. The predicted molar refractivity (Wildman–Crippen MR) is 120 cm³/mol. The van der Waals surface area contributed by atoms with Crippen molar-refractivity contribution >= 4 is 26.9 Å². The Morgan fingerprint density at radius 2 is 2.03 bits per heavy atom. The van der Waals surface area contributed by atoms with Crippen molar-refractivity contribution in [3.8, 4) is 0 Å². The molecule has 4 rings (SSSR count). The number of anilines is 1. The van der Waals surface area contributed by atoms with Gasteiger partial charge in [0, 0.05) is 49.2 Å². The zero-order valence-corrected chi connectivity index (χ0v) is 19.5. The van der Waals surface area contributed by atoms with Crippen LogP contribution >= 0.6 is 11.3 Å². The molecular formula is C22H24F2N4O2S2. The second-order valence-electron chi connectivity index (χ2n) is 8.01. The van der Waals surface area contributed by atoms with E-state index in [4.69, 9.17) is 0 Å². The molecule has 1 aliphatic heterocycles. The van der Waals surface area contributed by atoms with Crippen LogP contribution in [0.15, 0.2) is 46.4 Å². The molecule has 2 aromatic heterocycles. The maximum absolute atomic E-state index is 15.1. The minimum atomic E-state index is -3.95. The minimum absolute atomic E-state index is 0.0825. The molecule has 1 fully saturated rings. The fourth-order valence-corrected chi connectivity index (χ4v) is 6.01. The zero-order chi connectivity index (χ0) is 22.9. The number of rotatable bonds is 7. The lowest BCUT2D eigenvalue weighted by Gasteiger charge is -2.28. The molecule has 6 nitrogen and oxygen atoms in total. The first-order valence-corrected chi connectivity index (χ1v) is 12.8. The molecule has 1 saturated heterocycles. The summed E-state index contributed by atoms with van der Waals surface area (Å²) in [4.78, 5) is 12.1. The summed E-state index contributed by atoms with van der Waals surface area (Å²) in [5, 5.41) is 1.07. The van der Waals surface area contributed by atoms with E-state index in [1.807, 2.05) is 18.0 Å². The fourth-order valence-electron chi connectivity index (χ4n) is 4.03. The number of likely N-dealkylation sites (tertiary alicyclic amines) is 1. The van der Waals surface area contributed by atoms with Crippen LogP contribution in [-0.4, -0.2) is 49.5 Å². The third-order valence-corrected chi connectivity index (χ3v) is 8.03. The lowest BCUT2D eigenvalue weighted by atomic mass is 10.1. The molecule has 0 spiro atoms. The molecule has 1 aromatic carbocycles. The van der Waals surface area contributed by atoms with Crippen LogP contribution in [-0.2, 0) is 22.1 Å². The summed E-state index contributed by atoms with van der Waals surface area (Å²) in [6.07, 6.45) is 2.25. The summed E-state index contributed by atoms with van der Waals surface area (Å²) in [5.74, 6) is -1.44. The molecule has 3 heterocycles. The maximum Gasteiger partial charge on any atom is 0.204 e. The average molecular weight is 479 g/mol. The van der Waals surface area contributed by atoms with Gasteiger partial charge in [0.1, 0.15) is 5.82 Å². The van der Waals surface area contributed by atoms with E-state index in [0.29, 0.717) is 30.0 Å². The third kappa shape index (κ3) is 4.67. The van der Waals surface area contributed by atoms with Gasteiger partial charge in [0.25, 0.3) is 0 Å². The molecular weight excluding hydrogens is 454 g/mol. The number of aromatic nitrogens is 2. The third-order valence-electron chi connectivity index (χ3n) is 5.85. The largest absolute Gasteiger partial charge is 0.369 e. The number of halogens is 2. The van der Waals surface area contributed by atoms with Gasteiger partial charge in [0.05, 0.1) is 28.8 Å². The number of sulfone groups is 1. The molecule has 170 valence electrons. The quantitative estimate of drug-likeness (QED) is 0.515. The standard InChI is InChI=1S/C22H24F2N4O2S2/c1-15-20(9-25-22(21(15)24)32(29,30)13-17-12-31-14-26-17)27(2)18-7-8-28(11-18)10-16-5-3-4-6-19(16)23/h3-6,9,12,14,18H,7-8,10-11,13H2,1-2H3/t18-/m0/s1. The highest BCUT2D eigenvalue weighted by Crippen LogP contribution is 2.30. The van der Waals surface area contributed by atoms with Crippen molar-refractivity contribution in [2.75, 3.05) is 25.0 Å². The van der Waals surface area contributed by atoms with E-state index in [1.54, 1.807) is 24.4 Å². The van der Waals surface area contributed by atoms with Gasteiger partial charge in [-0.3, -0.25) is 4.90 Å². The van der Waals surface area contributed by atoms with Crippen LogP contribution in [0.5, 0.6) is 0 Å². The van der Waals surface area contributed by atoms with E-state index >= 15 is 4.39 Å². The van der Waals surface area contributed by atoms with Crippen LogP contribution in [0, 0.1) is 18.6 Å². The molecule has 0 bridgehead atoms. The number of thiazole rings is 1. The number of hydrogen-bond donors (Lipinski definition) is 0. The second-order valence-corrected chi connectivity index (χ2v) is 10.6. The summed E-state index contributed by atoms with van der Waals surface area (Å²) >= 11 is 1.28. The molecule has 32 heavy (non-hydrogen) atoms. The van der Waals surface area contributed by atoms with Crippen molar-refractivity contribution in [2.45, 2.75) is 36.7 Å². The number of nitrogens with zero attached hydrogens (tertiary/aromatic N) is 4. The van der Waals surface area contributed by atoms with E-state index < -0.39 is 20.7 Å². The van der Waals surface area contributed by atoms with E-state index in [2.05, 4.69) is 14.9 Å². The van der Waals surface area contributed by atoms with Gasteiger partial charge < -0.3 is 4.90 Å². The SMILES string of the molecule is Cc1c(N(C)[C@H]2CCN(Cc3ccccc3F)C2)cnc(S(=O)(=O)Cc2cscn2)c1F. The summed E-state index contributed by atoms with van der Waals surface area (Å²) in [6.45, 7) is 3.56. The molecule has 0 amide bonds. The smallest absolute Gasteiger partial charge is 0.204 e. The van der Waals surface area contributed by atoms with Gasteiger partial charge in [-0.2, -0.15) is 0 Å². The Balaban J connectivity index is 1.49. The van der Waals surface area contributed by atoms with E-state index in [-0.39, 0.29) is 23.2 Å². The van der Waals surface area contributed by atoms with Gasteiger partial charge in [-0.05, 0) is 19.4 Å². The molecule has 1 aliphatic rings. The second kappa shape index (κ2) is 9.21. The van der Waals surface area contributed by atoms with Crippen molar-refractivity contribution in [2.24, 2.45) is 0 Å². The molecule has 0 radical (unpaired) electrons. The molecule has 3 aromatic rings. The Morgan fingerprint density at radius 1 is 1.25 bits per heavy atom. The normalized spacial score (nSPS) is 17.1. The molecule has 1 atom stereocenters. The highest BCUT2D eigenvalue weighted by molar-refractivity contribution is 7.90. The van der Waals surface area contributed by atoms with Crippen molar-refractivity contribution in [1.29, 1.82) is 0 Å². The average Bonchev–Trinajstić information content (AvgIpc) is 3.43. The molecule has 10 heteroatoms. The Morgan fingerprint density at radius 3 is 2.75 bits per heavy atom. The van der Waals surface area contributed by atoms with Crippen LogP contribution in [0.4, 0.5) is 14.5 Å². The maximum atomic E-state index is 15.1. The molecule has 0 N–H and O–H groups in total. The van der Waals surface area contributed by atoms with Gasteiger partial charge in [-0.1, -0.05) is 18.2 Å². The Bertz CT molecular complexity index is 1200. The van der Waals surface area contributed by atoms with Crippen molar-refractivity contribution in [1.82, 2.24) is 14.9 Å². The highest BCUT2D eigenvalue weighted by Gasteiger charge is 2.30. The van der Waals surface area contributed by atoms with Crippen LogP contribution in [0.2, 0.25) is 0 Å². The first-order chi connectivity index (χ1) is 15.3. The van der Waals surface area contributed by atoms with E-state index in [1.165, 1.54) is 29.1 Å². The monoisotopic (exact) mass is 478 g/mol. The van der Waals surface area contributed by atoms with Gasteiger partial charge in [0.15, 0.2) is 10.8 Å². The van der Waals surface area contributed by atoms with E-state index in [9.17, 15) is 12.8 Å². The summed E-state index contributed by atoms with van der Waals surface area (Å²) in [5.41, 5.74) is 3.35. The first-order valence-electron chi connectivity index (χ1n) is 10.2. The Hall–Kier alpha value is -2.43. The predicted octanol–water partition coefficient (Wildman–Crippen LogP) is 3.81. The minimum Gasteiger partial charge on any atom is -0.369 e. The highest BCUT2D eigenvalue weighted by atomic mass is 32.2. The first kappa shape index (κ1) is 22.8. The number of likely N-dealkylation sites (N-methyl/N-ethyl adjacent to an activating group) is 1. The van der Waals surface area contributed by atoms with Gasteiger partial charge in [-0.15, -0.1) is 11.3 Å². The summed E-state index contributed by atoms with van der Waals surface area (Å²) < 4.78 is 54.4. The Kier molecular flexibility index (Phi) is 6.55. The molecule has 0 saturated carbocycles. The van der Waals surface area contributed by atoms with Crippen LogP contribution < -0.4 is 4.90 Å². The van der Waals surface area contributed by atoms with Crippen LogP contribution in [0.25, 0.3) is 0 Å². The van der Waals surface area contributed by atoms with Crippen LogP contribution in [0.3, 0.4) is 0 Å². The number of hydrogen-bond acceptors (Lipinski definition) is 7. The van der Waals surface area contributed by atoms with Crippen molar-refractivity contribution in [3.63, 3.8) is 0 Å². The van der Waals surface area contributed by atoms with Gasteiger partial charge >= 0.3 is 0 Å². The zero-order valence-electron chi connectivity index (χ0n) is 17.8. The number of benzene rings is 1. The lowest BCUT2D eigenvalue weighted by molar-refractivity contribution is 0.320.